The zero-order valence-electron chi connectivity index (χ0n) is 13.1. The highest BCUT2D eigenvalue weighted by Gasteiger charge is 2.02. The minimum atomic E-state index is 0.0112. The van der Waals surface area contributed by atoms with E-state index in [0.29, 0.717) is 0 Å². The Morgan fingerprint density at radius 3 is 2.43 bits per heavy atom. The summed E-state index contributed by atoms with van der Waals surface area (Å²) in [6.45, 7) is 0. The van der Waals surface area contributed by atoms with Gasteiger partial charge in [0.25, 0.3) is 0 Å². The highest BCUT2D eigenvalue weighted by molar-refractivity contribution is 5.41. The lowest BCUT2D eigenvalue weighted by Gasteiger charge is -2.10. The SMILES string of the molecule is NNC(/C=C/C=C\C=C/Cc1cccc(N)c1)c1ccccc1. The predicted molar refractivity (Wildman–Crippen MR) is 98.5 cm³/mol. The second-order valence-electron chi connectivity index (χ2n) is 5.20. The minimum Gasteiger partial charge on any atom is -0.399 e. The molecule has 118 valence electrons. The van der Waals surface area contributed by atoms with Crippen molar-refractivity contribution >= 4 is 5.69 Å². The van der Waals surface area contributed by atoms with Crippen LogP contribution in [0.25, 0.3) is 0 Å². The lowest BCUT2D eigenvalue weighted by atomic mass is 10.1. The van der Waals surface area contributed by atoms with Gasteiger partial charge in [0, 0.05) is 5.69 Å². The molecule has 0 amide bonds. The van der Waals surface area contributed by atoms with Crippen molar-refractivity contribution in [3.05, 3.63) is 102 Å². The molecule has 23 heavy (non-hydrogen) atoms. The summed E-state index contributed by atoms with van der Waals surface area (Å²) in [5.41, 5.74) is 11.7. The van der Waals surface area contributed by atoms with Crippen LogP contribution in [0.2, 0.25) is 0 Å². The first-order valence-corrected chi connectivity index (χ1v) is 7.65. The molecule has 0 spiro atoms. The number of hydrogen-bond donors (Lipinski definition) is 3. The Balaban J connectivity index is 1.82. The predicted octanol–water partition coefficient (Wildman–Crippen LogP) is 3.68. The van der Waals surface area contributed by atoms with E-state index in [0.717, 1.165) is 17.7 Å². The molecule has 0 heterocycles. The van der Waals surface area contributed by atoms with Crippen LogP contribution < -0.4 is 17.0 Å². The largest absolute Gasteiger partial charge is 0.399 e. The van der Waals surface area contributed by atoms with Crippen LogP contribution in [-0.4, -0.2) is 0 Å². The molecule has 3 nitrogen and oxygen atoms in total. The number of nitrogens with one attached hydrogen (secondary N) is 1. The minimum absolute atomic E-state index is 0.0112. The van der Waals surface area contributed by atoms with Gasteiger partial charge in [0.1, 0.15) is 0 Å². The summed E-state index contributed by atoms with van der Waals surface area (Å²) < 4.78 is 0. The zero-order valence-corrected chi connectivity index (χ0v) is 13.1. The van der Waals surface area contributed by atoms with E-state index in [4.69, 9.17) is 11.6 Å². The summed E-state index contributed by atoms with van der Waals surface area (Å²) in [4.78, 5) is 0. The lowest BCUT2D eigenvalue weighted by molar-refractivity contribution is 0.655. The number of nitrogen functional groups attached to an aromatic ring is 1. The van der Waals surface area contributed by atoms with Crippen molar-refractivity contribution in [2.75, 3.05) is 5.73 Å². The molecule has 0 aliphatic carbocycles. The average Bonchev–Trinajstić information content (AvgIpc) is 2.58. The quantitative estimate of drug-likeness (QED) is 0.316. The van der Waals surface area contributed by atoms with Crippen LogP contribution in [0.5, 0.6) is 0 Å². The highest BCUT2D eigenvalue weighted by atomic mass is 15.2. The van der Waals surface area contributed by atoms with Gasteiger partial charge in [0.05, 0.1) is 6.04 Å². The fraction of sp³-hybridized carbons (Fsp3) is 0.100. The second kappa shape index (κ2) is 9.41. The number of hydrazine groups is 1. The molecule has 0 aliphatic heterocycles. The Morgan fingerprint density at radius 2 is 1.70 bits per heavy atom. The normalized spacial score (nSPS) is 13.3. The van der Waals surface area contributed by atoms with Crippen molar-refractivity contribution in [1.82, 2.24) is 5.43 Å². The Morgan fingerprint density at radius 1 is 0.913 bits per heavy atom. The number of anilines is 1. The van der Waals surface area contributed by atoms with E-state index in [2.05, 4.69) is 17.6 Å². The van der Waals surface area contributed by atoms with Crippen LogP contribution in [0.3, 0.4) is 0 Å². The zero-order chi connectivity index (χ0) is 16.3. The van der Waals surface area contributed by atoms with Crippen LogP contribution >= 0.6 is 0 Å². The molecular weight excluding hydrogens is 282 g/mol. The topological polar surface area (TPSA) is 64.1 Å². The molecule has 5 N–H and O–H groups in total. The molecule has 0 aromatic heterocycles. The smallest absolute Gasteiger partial charge is 0.0643 e. The van der Waals surface area contributed by atoms with Crippen molar-refractivity contribution in [3.8, 4) is 0 Å². The van der Waals surface area contributed by atoms with Gasteiger partial charge in [0.2, 0.25) is 0 Å². The lowest BCUT2D eigenvalue weighted by Crippen LogP contribution is -2.26. The first kappa shape index (κ1) is 16.7. The molecule has 2 aromatic carbocycles. The van der Waals surface area contributed by atoms with E-state index in [9.17, 15) is 0 Å². The van der Waals surface area contributed by atoms with Gasteiger partial charge < -0.3 is 5.73 Å². The Bertz CT molecular complexity index is 672. The molecule has 2 aromatic rings. The van der Waals surface area contributed by atoms with E-state index < -0.39 is 0 Å². The van der Waals surface area contributed by atoms with Gasteiger partial charge in [-0.2, -0.15) is 0 Å². The number of nitrogens with two attached hydrogens (primary N) is 2. The van der Waals surface area contributed by atoms with Crippen LogP contribution in [0, 0.1) is 0 Å². The third kappa shape index (κ3) is 5.94. The summed E-state index contributed by atoms with van der Waals surface area (Å²) in [5.74, 6) is 5.59. The summed E-state index contributed by atoms with van der Waals surface area (Å²) >= 11 is 0. The number of hydrogen-bond acceptors (Lipinski definition) is 3. The van der Waals surface area contributed by atoms with Crippen LogP contribution in [0.1, 0.15) is 17.2 Å². The maximum Gasteiger partial charge on any atom is 0.0643 e. The van der Waals surface area contributed by atoms with Crippen molar-refractivity contribution in [3.63, 3.8) is 0 Å². The van der Waals surface area contributed by atoms with Crippen LogP contribution in [0.4, 0.5) is 5.69 Å². The molecule has 1 atom stereocenters. The molecule has 3 heteroatoms. The van der Waals surface area contributed by atoms with Crippen LogP contribution in [-0.2, 0) is 6.42 Å². The third-order valence-electron chi connectivity index (χ3n) is 3.42. The Labute approximate surface area is 138 Å². The standard InChI is InChI=1S/C20H23N3/c21-19-14-9-11-17(16-19)10-5-2-1-3-8-15-20(23-22)18-12-6-4-7-13-18/h1-9,11-16,20,23H,10,21-22H2/b3-1-,5-2-,15-8+. The molecule has 0 bridgehead atoms. The second-order valence-corrected chi connectivity index (χ2v) is 5.20. The maximum atomic E-state index is 5.75. The van der Waals surface area contributed by atoms with Crippen molar-refractivity contribution in [2.45, 2.75) is 12.5 Å². The van der Waals surface area contributed by atoms with E-state index in [1.807, 2.05) is 78.9 Å². The van der Waals surface area contributed by atoms with Crippen molar-refractivity contribution < 1.29 is 0 Å². The molecule has 0 saturated carbocycles. The monoisotopic (exact) mass is 305 g/mol. The molecule has 2 rings (SSSR count). The van der Waals surface area contributed by atoms with E-state index in [-0.39, 0.29) is 6.04 Å². The molecular formula is C20H23N3. The average molecular weight is 305 g/mol. The maximum absolute atomic E-state index is 5.75. The first-order valence-electron chi connectivity index (χ1n) is 7.65. The Hall–Kier alpha value is -2.62. The van der Waals surface area contributed by atoms with Gasteiger partial charge in [-0.25, -0.2) is 5.43 Å². The fourth-order valence-corrected chi connectivity index (χ4v) is 2.23. The van der Waals surface area contributed by atoms with E-state index in [1.165, 1.54) is 5.56 Å². The molecule has 0 radical (unpaired) electrons. The van der Waals surface area contributed by atoms with E-state index in [1.54, 1.807) is 0 Å². The summed E-state index contributed by atoms with van der Waals surface area (Å²) in [7, 11) is 0. The number of benzene rings is 2. The summed E-state index contributed by atoms with van der Waals surface area (Å²) in [6, 6.07) is 18.0. The van der Waals surface area contributed by atoms with Crippen LogP contribution in [0.15, 0.2) is 91.1 Å². The summed E-state index contributed by atoms with van der Waals surface area (Å²) in [5, 5.41) is 0. The molecule has 1 unspecified atom stereocenters. The Kier molecular flexibility index (Phi) is 6.85. The third-order valence-corrected chi connectivity index (χ3v) is 3.42. The number of allylic oxidation sites excluding steroid dienone is 5. The molecule has 0 saturated heterocycles. The van der Waals surface area contributed by atoms with Gasteiger partial charge >= 0.3 is 0 Å². The van der Waals surface area contributed by atoms with Crippen molar-refractivity contribution in [1.29, 1.82) is 0 Å². The highest BCUT2D eigenvalue weighted by Crippen LogP contribution is 2.12. The van der Waals surface area contributed by atoms with Crippen molar-refractivity contribution in [2.24, 2.45) is 5.84 Å². The van der Waals surface area contributed by atoms with Gasteiger partial charge in [-0.15, -0.1) is 0 Å². The number of rotatable bonds is 7. The van der Waals surface area contributed by atoms with Gasteiger partial charge in [-0.1, -0.05) is 78.9 Å². The molecule has 0 fully saturated rings. The van der Waals surface area contributed by atoms with Gasteiger partial charge in [-0.05, 0) is 29.7 Å². The van der Waals surface area contributed by atoms with Gasteiger partial charge in [0.15, 0.2) is 0 Å². The first-order chi connectivity index (χ1) is 11.3. The summed E-state index contributed by atoms with van der Waals surface area (Å²) in [6.07, 6.45) is 13.0. The van der Waals surface area contributed by atoms with Gasteiger partial charge in [-0.3, -0.25) is 5.84 Å². The fourth-order valence-electron chi connectivity index (χ4n) is 2.23. The van der Waals surface area contributed by atoms with E-state index >= 15 is 0 Å². The molecule has 0 aliphatic rings.